The summed E-state index contributed by atoms with van der Waals surface area (Å²) in [6, 6.07) is 19.5. The first-order chi connectivity index (χ1) is 19.4. The van der Waals surface area contributed by atoms with E-state index in [1.807, 2.05) is 50.2 Å². The van der Waals surface area contributed by atoms with E-state index in [-0.39, 0.29) is 17.9 Å². The molecular formula is C32H35NO7. The number of rotatable bonds is 12. The third kappa shape index (κ3) is 6.13. The minimum atomic E-state index is -0.810. The number of nitrogens with zero attached hydrogens (tertiary/aromatic N) is 1. The van der Waals surface area contributed by atoms with Gasteiger partial charge in [0.2, 0.25) is 0 Å². The van der Waals surface area contributed by atoms with Gasteiger partial charge >= 0.3 is 0 Å². The minimum absolute atomic E-state index is 0.0229. The lowest BCUT2D eigenvalue weighted by Crippen LogP contribution is -2.31. The highest BCUT2D eigenvalue weighted by Crippen LogP contribution is 2.42. The maximum absolute atomic E-state index is 13.4. The number of amides is 1. The van der Waals surface area contributed by atoms with Crippen molar-refractivity contribution in [3.8, 4) is 17.2 Å². The largest absolute Gasteiger partial charge is 0.507 e. The van der Waals surface area contributed by atoms with Crippen molar-refractivity contribution >= 4 is 17.4 Å². The van der Waals surface area contributed by atoms with E-state index in [0.717, 1.165) is 5.56 Å². The molecular weight excluding hydrogens is 510 g/mol. The number of ketones is 1. The number of hydrogen-bond acceptors (Lipinski definition) is 7. The molecule has 1 aliphatic rings. The molecule has 8 nitrogen and oxygen atoms in total. The van der Waals surface area contributed by atoms with Crippen LogP contribution in [0, 0.1) is 6.92 Å². The highest BCUT2D eigenvalue weighted by Gasteiger charge is 2.46. The first-order valence-corrected chi connectivity index (χ1v) is 13.2. The Balaban J connectivity index is 1.73. The number of aliphatic hydroxyl groups excluding tert-OH is 1. The van der Waals surface area contributed by atoms with Crippen LogP contribution in [0.25, 0.3) is 5.76 Å². The molecule has 3 aromatic rings. The summed E-state index contributed by atoms with van der Waals surface area (Å²) >= 11 is 0. The second-order valence-electron chi connectivity index (χ2n) is 9.43. The summed E-state index contributed by atoms with van der Waals surface area (Å²) in [7, 11) is 3.11. The molecule has 0 aromatic heterocycles. The van der Waals surface area contributed by atoms with Gasteiger partial charge in [-0.05, 0) is 67.3 Å². The van der Waals surface area contributed by atoms with Gasteiger partial charge in [0.1, 0.15) is 18.1 Å². The number of aryl methyl sites for hydroxylation is 1. The van der Waals surface area contributed by atoms with Crippen molar-refractivity contribution in [2.75, 3.05) is 34.0 Å². The molecule has 8 heteroatoms. The Bertz CT molecular complexity index is 1380. The Morgan fingerprint density at radius 1 is 0.950 bits per heavy atom. The van der Waals surface area contributed by atoms with Crippen LogP contribution in [0.2, 0.25) is 0 Å². The summed E-state index contributed by atoms with van der Waals surface area (Å²) in [6.07, 6.45) is 0.528. The maximum Gasteiger partial charge on any atom is 0.295 e. The van der Waals surface area contributed by atoms with E-state index in [9.17, 15) is 14.7 Å². The smallest absolute Gasteiger partial charge is 0.295 e. The van der Waals surface area contributed by atoms with Crippen LogP contribution in [0.5, 0.6) is 17.2 Å². The van der Waals surface area contributed by atoms with E-state index in [4.69, 9.17) is 18.9 Å². The number of carbonyl (C=O) groups excluding carboxylic acids is 2. The zero-order chi connectivity index (χ0) is 28.6. The molecule has 1 fully saturated rings. The summed E-state index contributed by atoms with van der Waals surface area (Å²) in [5.41, 5.74) is 2.83. The average molecular weight is 546 g/mol. The third-order valence-corrected chi connectivity index (χ3v) is 6.79. The van der Waals surface area contributed by atoms with Crippen molar-refractivity contribution in [1.82, 2.24) is 4.90 Å². The highest BCUT2D eigenvalue weighted by atomic mass is 16.5. The molecule has 1 aliphatic heterocycles. The molecule has 4 rings (SSSR count). The lowest BCUT2D eigenvalue weighted by molar-refractivity contribution is -0.140. The van der Waals surface area contributed by atoms with E-state index in [1.165, 1.54) is 12.0 Å². The molecule has 1 amide bonds. The molecule has 1 saturated heterocycles. The SMILES string of the molecule is CCOc1ccc([C@@H]2C(=C(O)c3ccc(OCc4ccccc4)cc3C)C(=O)C(=O)N2CCCOC)cc1OC. The average Bonchev–Trinajstić information content (AvgIpc) is 3.22. The summed E-state index contributed by atoms with van der Waals surface area (Å²) in [4.78, 5) is 28.1. The topological polar surface area (TPSA) is 94.5 Å². The fourth-order valence-corrected chi connectivity index (χ4v) is 4.84. The van der Waals surface area contributed by atoms with Crippen molar-refractivity contribution in [2.45, 2.75) is 32.9 Å². The molecule has 3 aromatic carbocycles. The summed E-state index contributed by atoms with van der Waals surface area (Å²) < 4.78 is 22.3. The molecule has 0 aliphatic carbocycles. The summed E-state index contributed by atoms with van der Waals surface area (Å²) in [5.74, 6) is 0.000708. The lowest BCUT2D eigenvalue weighted by Gasteiger charge is -2.26. The van der Waals surface area contributed by atoms with Crippen molar-refractivity contribution in [3.05, 3.63) is 94.6 Å². The Morgan fingerprint density at radius 3 is 2.40 bits per heavy atom. The normalized spacial score (nSPS) is 16.3. The van der Waals surface area contributed by atoms with Gasteiger partial charge in [-0.1, -0.05) is 36.4 Å². The summed E-state index contributed by atoms with van der Waals surface area (Å²) in [6.45, 7) is 5.26. The zero-order valence-corrected chi connectivity index (χ0v) is 23.3. The van der Waals surface area contributed by atoms with Crippen molar-refractivity contribution in [1.29, 1.82) is 0 Å². The van der Waals surface area contributed by atoms with Gasteiger partial charge < -0.3 is 29.0 Å². The number of methoxy groups -OCH3 is 2. The Hall–Kier alpha value is -4.30. The number of benzene rings is 3. The number of ether oxygens (including phenoxy) is 4. The fraction of sp³-hybridized carbons (Fsp3) is 0.312. The van der Waals surface area contributed by atoms with Gasteiger partial charge in [-0.15, -0.1) is 0 Å². The molecule has 0 saturated carbocycles. The molecule has 0 radical (unpaired) electrons. The third-order valence-electron chi connectivity index (χ3n) is 6.79. The number of carbonyl (C=O) groups is 2. The van der Waals surface area contributed by atoms with E-state index >= 15 is 0 Å². The van der Waals surface area contributed by atoms with Gasteiger partial charge in [-0.25, -0.2) is 0 Å². The fourth-order valence-electron chi connectivity index (χ4n) is 4.84. The van der Waals surface area contributed by atoms with Crippen LogP contribution in [-0.4, -0.2) is 55.7 Å². The number of hydrogen-bond donors (Lipinski definition) is 1. The van der Waals surface area contributed by atoms with Crippen LogP contribution >= 0.6 is 0 Å². The molecule has 40 heavy (non-hydrogen) atoms. The Morgan fingerprint density at radius 2 is 1.73 bits per heavy atom. The van der Waals surface area contributed by atoms with Gasteiger partial charge in [0.15, 0.2) is 11.5 Å². The van der Waals surface area contributed by atoms with Crippen molar-refractivity contribution in [2.24, 2.45) is 0 Å². The second kappa shape index (κ2) is 13.2. The van der Waals surface area contributed by atoms with Gasteiger partial charge in [0, 0.05) is 25.8 Å². The lowest BCUT2D eigenvalue weighted by atomic mass is 9.93. The number of aliphatic hydroxyl groups is 1. The molecule has 210 valence electrons. The minimum Gasteiger partial charge on any atom is -0.507 e. The molecule has 1 heterocycles. The van der Waals surface area contributed by atoms with Gasteiger partial charge in [-0.3, -0.25) is 9.59 Å². The van der Waals surface area contributed by atoms with E-state index < -0.39 is 17.7 Å². The first kappa shape index (κ1) is 28.7. The molecule has 1 N–H and O–H groups in total. The maximum atomic E-state index is 13.4. The number of Topliss-reactive ketones (excluding diaryl/α,β-unsaturated/α-hetero) is 1. The van der Waals surface area contributed by atoms with Crippen molar-refractivity contribution < 1.29 is 33.6 Å². The van der Waals surface area contributed by atoms with E-state index in [0.29, 0.717) is 60.2 Å². The van der Waals surface area contributed by atoms with Gasteiger partial charge in [0.05, 0.1) is 25.3 Å². The summed E-state index contributed by atoms with van der Waals surface area (Å²) in [5, 5.41) is 11.5. The van der Waals surface area contributed by atoms with Crippen LogP contribution in [0.15, 0.2) is 72.3 Å². The molecule has 1 atom stereocenters. The Labute approximate surface area is 234 Å². The van der Waals surface area contributed by atoms with Crippen molar-refractivity contribution in [3.63, 3.8) is 0 Å². The second-order valence-corrected chi connectivity index (χ2v) is 9.43. The predicted octanol–water partition coefficient (Wildman–Crippen LogP) is 5.44. The zero-order valence-electron chi connectivity index (χ0n) is 23.3. The van der Waals surface area contributed by atoms with E-state index in [1.54, 1.807) is 37.4 Å². The van der Waals surface area contributed by atoms with Crippen LogP contribution in [0.4, 0.5) is 0 Å². The Kier molecular flexibility index (Phi) is 9.45. The quantitative estimate of drug-likeness (QED) is 0.140. The molecule has 0 bridgehead atoms. The van der Waals surface area contributed by atoms with Crippen LogP contribution in [0.1, 0.15) is 41.6 Å². The van der Waals surface area contributed by atoms with Gasteiger partial charge in [0.25, 0.3) is 11.7 Å². The first-order valence-electron chi connectivity index (χ1n) is 13.2. The predicted molar refractivity (Wildman–Crippen MR) is 152 cm³/mol. The molecule has 0 spiro atoms. The number of likely N-dealkylation sites (tertiary alicyclic amines) is 1. The monoisotopic (exact) mass is 545 g/mol. The van der Waals surface area contributed by atoms with Crippen LogP contribution in [-0.2, 0) is 20.9 Å². The van der Waals surface area contributed by atoms with E-state index in [2.05, 4.69) is 0 Å². The highest BCUT2D eigenvalue weighted by molar-refractivity contribution is 6.46. The van der Waals surface area contributed by atoms with Crippen LogP contribution in [0.3, 0.4) is 0 Å². The van der Waals surface area contributed by atoms with Crippen LogP contribution < -0.4 is 14.2 Å². The molecule has 0 unspecified atom stereocenters. The van der Waals surface area contributed by atoms with Gasteiger partial charge in [-0.2, -0.15) is 0 Å². The standard InChI is InChI=1S/C32H35NO7/c1-5-39-26-15-12-23(19-27(26)38-4)29-28(31(35)32(36)33(29)16-9-17-37-3)30(34)25-14-13-24(18-21(25)2)40-20-22-10-7-6-8-11-22/h6-8,10-15,18-19,29,34H,5,9,16-17,20H2,1-4H3/t29-/m1/s1.